The van der Waals surface area contributed by atoms with E-state index in [0.717, 1.165) is 49.5 Å². The first kappa shape index (κ1) is 16.1. The van der Waals surface area contributed by atoms with Crippen LogP contribution in [0.1, 0.15) is 31.2 Å². The average Bonchev–Trinajstić information content (AvgIpc) is 2.84. The maximum Gasteiger partial charge on any atom is 0.221 e. The summed E-state index contributed by atoms with van der Waals surface area (Å²) >= 11 is 0. The lowest BCUT2D eigenvalue weighted by Gasteiger charge is -2.25. The van der Waals surface area contributed by atoms with Gasteiger partial charge in [0.2, 0.25) is 5.91 Å². The number of hydrogen-bond acceptors (Lipinski definition) is 5. The number of hydrogen-bond donors (Lipinski definition) is 1. The second-order valence-corrected chi connectivity index (χ2v) is 5.83. The zero-order valence-corrected chi connectivity index (χ0v) is 13.4. The molecule has 0 bridgehead atoms. The van der Waals surface area contributed by atoms with E-state index < -0.39 is 0 Å². The van der Waals surface area contributed by atoms with Crippen molar-refractivity contribution >= 4 is 5.91 Å². The quantitative estimate of drug-likeness (QED) is 0.898. The highest BCUT2D eigenvalue weighted by Crippen LogP contribution is 2.30. The summed E-state index contributed by atoms with van der Waals surface area (Å²) in [7, 11) is 0. The Morgan fingerprint density at radius 3 is 2.78 bits per heavy atom. The molecule has 1 N–H and O–H groups in total. The van der Waals surface area contributed by atoms with E-state index in [0.29, 0.717) is 32.7 Å². The van der Waals surface area contributed by atoms with E-state index in [1.807, 2.05) is 23.3 Å². The van der Waals surface area contributed by atoms with Gasteiger partial charge in [0.1, 0.15) is 0 Å². The molecule has 2 heterocycles. The maximum absolute atomic E-state index is 12.0. The van der Waals surface area contributed by atoms with Crippen molar-refractivity contribution in [1.82, 2.24) is 10.4 Å². The molecule has 0 radical (unpaired) electrons. The van der Waals surface area contributed by atoms with Crippen molar-refractivity contribution in [3.8, 4) is 11.5 Å². The highest BCUT2D eigenvalue weighted by molar-refractivity contribution is 5.76. The Bertz CT molecular complexity index is 529. The minimum Gasteiger partial charge on any atom is -0.490 e. The van der Waals surface area contributed by atoms with Crippen LogP contribution in [0.25, 0.3) is 0 Å². The SMILES string of the molecule is O=C(CCN1CCCCO1)NCc1ccc2c(c1)OCCCO2. The van der Waals surface area contributed by atoms with E-state index in [-0.39, 0.29) is 5.91 Å². The lowest BCUT2D eigenvalue weighted by Crippen LogP contribution is -2.34. The number of fused-ring (bicyclic) bond motifs is 1. The molecule has 1 fully saturated rings. The largest absolute Gasteiger partial charge is 0.490 e. The van der Waals surface area contributed by atoms with Crippen LogP contribution in [0.4, 0.5) is 0 Å². The molecule has 126 valence electrons. The molecule has 1 aromatic carbocycles. The summed E-state index contributed by atoms with van der Waals surface area (Å²) in [4.78, 5) is 17.4. The van der Waals surface area contributed by atoms with E-state index in [4.69, 9.17) is 14.3 Å². The van der Waals surface area contributed by atoms with Crippen LogP contribution < -0.4 is 14.8 Å². The molecule has 0 unspecified atom stereocenters. The van der Waals surface area contributed by atoms with Crippen molar-refractivity contribution < 1.29 is 19.1 Å². The molecule has 2 aliphatic rings. The number of nitrogens with one attached hydrogen (secondary N) is 1. The number of amides is 1. The zero-order valence-electron chi connectivity index (χ0n) is 13.4. The maximum atomic E-state index is 12.0. The topological polar surface area (TPSA) is 60.0 Å². The highest BCUT2D eigenvalue weighted by Gasteiger charge is 2.13. The van der Waals surface area contributed by atoms with Crippen LogP contribution in [-0.2, 0) is 16.2 Å². The minimum absolute atomic E-state index is 0.0336. The van der Waals surface area contributed by atoms with Gasteiger partial charge in [-0.2, -0.15) is 5.06 Å². The summed E-state index contributed by atoms with van der Waals surface area (Å²) in [5.74, 6) is 1.57. The Morgan fingerprint density at radius 2 is 1.96 bits per heavy atom. The monoisotopic (exact) mass is 320 g/mol. The third-order valence-electron chi connectivity index (χ3n) is 3.97. The van der Waals surface area contributed by atoms with Crippen LogP contribution in [-0.4, -0.2) is 43.9 Å². The highest BCUT2D eigenvalue weighted by atomic mass is 16.7. The van der Waals surface area contributed by atoms with Gasteiger partial charge in [0.15, 0.2) is 11.5 Å². The van der Waals surface area contributed by atoms with Gasteiger partial charge in [0.05, 0.1) is 19.8 Å². The van der Waals surface area contributed by atoms with Crippen molar-refractivity contribution in [3.63, 3.8) is 0 Å². The Hall–Kier alpha value is -1.79. The van der Waals surface area contributed by atoms with Crippen molar-refractivity contribution in [2.75, 3.05) is 32.9 Å². The molecule has 3 rings (SSSR count). The van der Waals surface area contributed by atoms with Crippen molar-refractivity contribution in [2.24, 2.45) is 0 Å². The lowest BCUT2D eigenvalue weighted by molar-refractivity contribution is -0.181. The van der Waals surface area contributed by atoms with Gasteiger partial charge in [0, 0.05) is 32.5 Å². The molecule has 6 heteroatoms. The van der Waals surface area contributed by atoms with Crippen molar-refractivity contribution in [2.45, 2.75) is 32.2 Å². The fourth-order valence-electron chi connectivity index (χ4n) is 2.66. The number of benzene rings is 1. The number of carbonyl (C=O) groups excluding carboxylic acids is 1. The number of rotatable bonds is 5. The Balaban J connectivity index is 1.44. The summed E-state index contributed by atoms with van der Waals surface area (Å²) in [6.07, 6.45) is 3.58. The first-order valence-electron chi connectivity index (χ1n) is 8.34. The fourth-order valence-corrected chi connectivity index (χ4v) is 2.66. The van der Waals surface area contributed by atoms with E-state index >= 15 is 0 Å². The molecule has 0 atom stereocenters. The molecule has 0 aromatic heterocycles. The normalized spacial score (nSPS) is 18.3. The second kappa shape index (κ2) is 8.17. The van der Waals surface area contributed by atoms with Crippen LogP contribution >= 0.6 is 0 Å². The lowest BCUT2D eigenvalue weighted by atomic mass is 10.2. The van der Waals surface area contributed by atoms with Crippen molar-refractivity contribution in [1.29, 1.82) is 0 Å². The number of carbonyl (C=O) groups is 1. The van der Waals surface area contributed by atoms with E-state index in [1.165, 1.54) is 0 Å². The Morgan fingerprint density at radius 1 is 1.09 bits per heavy atom. The van der Waals surface area contributed by atoms with Crippen molar-refractivity contribution in [3.05, 3.63) is 23.8 Å². The van der Waals surface area contributed by atoms with Gasteiger partial charge >= 0.3 is 0 Å². The van der Waals surface area contributed by atoms with Crippen LogP contribution in [0.2, 0.25) is 0 Å². The molecule has 1 saturated heterocycles. The van der Waals surface area contributed by atoms with Gasteiger partial charge in [-0.3, -0.25) is 9.63 Å². The summed E-state index contributed by atoms with van der Waals surface area (Å²) in [5, 5.41) is 4.83. The van der Waals surface area contributed by atoms with Gasteiger partial charge in [-0.05, 0) is 30.5 Å². The fraction of sp³-hybridized carbons (Fsp3) is 0.588. The molecular weight excluding hydrogens is 296 g/mol. The predicted molar refractivity (Wildman–Crippen MR) is 85.3 cm³/mol. The molecule has 0 aliphatic carbocycles. The van der Waals surface area contributed by atoms with Gasteiger partial charge in [-0.25, -0.2) is 0 Å². The smallest absolute Gasteiger partial charge is 0.221 e. The van der Waals surface area contributed by atoms with Gasteiger partial charge in [0.25, 0.3) is 0 Å². The van der Waals surface area contributed by atoms with Gasteiger partial charge in [-0.15, -0.1) is 0 Å². The molecule has 1 aromatic rings. The van der Waals surface area contributed by atoms with E-state index in [1.54, 1.807) is 0 Å². The molecular formula is C17H24N2O4. The molecule has 2 aliphatic heterocycles. The van der Waals surface area contributed by atoms with E-state index in [2.05, 4.69) is 5.32 Å². The summed E-state index contributed by atoms with van der Waals surface area (Å²) in [5.41, 5.74) is 1.01. The number of ether oxygens (including phenoxy) is 2. The third-order valence-corrected chi connectivity index (χ3v) is 3.97. The number of hydroxylamine groups is 2. The van der Waals surface area contributed by atoms with Crippen LogP contribution in [0.5, 0.6) is 11.5 Å². The summed E-state index contributed by atoms with van der Waals surface area (Å²) < 4.78 is 11.3. The van der Waals surface area contributed by atoms with Crippen LogP contribution in [0, 0.1) is 0 Å². The standard InChI is InChI=1S/C17H24N2O4/c20-17(6-8-19-7-1-2-11-23-19)18-13-14-4-5-15-16(12-14)22-10-3-9-21-15/h4-5,12H,1-3,6-11,13H2,(H,18,20). The molecule has 23 heavy (non-hydrogen) atoms. The first-order chi connectivity index (χ1) is 11.3. The predicted octanol–water partition coefficient (Wildman–Crippen LogP) is 1.88. The Labute approximate surface area is 136 Å². The first-order valence-corrected chi connectivity index (χ1v) is 8.34. The zero-order chi connectivity index (χ0) is 15.9. The molecule has 1 amide bonds. The van der Waals surface area contributed by atoms with E-state index in [9.17, 15) is 4.79 Å². The number of nitrogens with zero attached hydrogens (tertiary/aromatic N) is 1. The summed E-state index contributed by atoms with van der Waals surface area (Å²) in [6.45, 7) is 4.16. The third kappa shape index (κ3) is 4.84. The molecule has 0 saturated carbocycles. The summed E-state index contributed by atoms with van der Waals surface area (Å²) in [6, 6.07) is 5.81. The Kier molecular flexibility index (Phi) is 5.71. The minimum atomic E-state index is 0.0336. The molecule has 0 spiro atoms. The van der Waals surface area contributed by atoms with Gasteiger partial charge < -0.3 is 14.8 Å². The second-order valence-electron chi connectivity index (χ2n) is 5.83. The molecule has 6 nitrogen and oxygen atoms in total. The average molecular weight is 320 g/mol. The van der Waals surface area contributed by atoms with Crippen LogP contribution in [0.3, 0.4) is 0 Å². The van der Waals surface area contributed by atoms with Gasteiger partial charge in [-0.1, -0.05) is 6.07 Å². The van der Waals surface area contributed by atoms with Crippen LogP contribution in [0.15, 0.2) is 18.2 Å².